The monoisotopic (exact) mass is 530 g/mol. The number of likely N-dealkylation sites (N-methyl/N-ethyl adjacent to an activating group) is 1. The van der Waals surface area contributed by atoms with Gasteiger partial charge in [0.1, 0.15) is 24.8 Å². The number of carbonyl (C=O) groups excluding carboxylic acids is 3. The van der Waals surface area contributed by atoms with Gasteiger partial charge in [-0.2, -0.15) is 0 Å². The van der Waals surface area contributed by atoms with E-state index >= 15 is 0 Å². The predicted octanol–water partition coefficient (Wildman–Crippen LogP) is 3.45. The topological polar surface area (TPSA) is 109 Å². The molecule has 1 aliphatic heterocycles. The number of halogens is 1. The summed E-state index contributed by atoms with van der Waals surface area (Å²) >= 11 is 0. The summed E-state index contributed by atoms with van der Waals surface area (Å²) in [6.07, 6.45) is -0.337. The molecule has 0 bridgehead atoms. The number of benzene rings is 2. The van der Waals surface area contributed by atoms with Crippen LogP contribution in [0.3, 0.4) is 0 Å². The number of ether oxygens (including phenoxy) is 3. The first-order valence-electron chi connectivity index (χ1n) is 12.3. The lowest BCUT2D eigenvalue weighted by atomic mass is 10.0. The number of rotatable bonds is 5. The van der Waals surface area contributed by atoms with Gasteiger partial charge in [0.25, 0.3) is 5.91 Å². The summed E-state index contributed by atoms with van der Waals surface area (Å²) in [5, 5.41) is 5.22. The molecule has 0 radical (unpaired) electrons. The molecule has 206 valence electrons. The van der Waals surface area contributed by atoms with Crippen molar-refractivity contribution in [2.45, 2.75) is 26.0 Å². The highest BCUT2D eigenvalue weighted by molar-refractivity contribution is 6.02. The van der Waals surface area contributed by atoms with E-state index in [1.54, 1.807) is 37.3 Å². The van der Waals surface area contributed by atoms with Crippen LogP contribution < -0.4 is 15.4 Å². The normalized spacial score (nSPS) is 20.5. The van der Waals surface area contributed by atoms with Crippen LogP contribution in [0.5, 0.6) is 5.75 Å². The first-order valence-corrected chi connectivity index (χ1v) is 12.3. The Morgan fingerprint density at radius 3 is 2.45 bits per heavy atom. The number of methoxy groups -OCH3 is 2. The van der Waals surface area contributed by atoms with Gasteiger partial charge in [-0.1, -0.05) is 13.0 Å². The van der Waals surface area contributed by atoms with Gasteiger partial charge in [-0.25, -0.2) is 9.18 Å². The summed E-state index contributed by atoms with van der Waals surface area (Å²) in [5.74, 6) is -0.739. The van der Waals surface area contributed by atoms with E-state index in [9.17, 15) is 18.8 Å². The van der Waals surface area contributed by atoms with Crippen molar-refractivity contribution < 1.29 is 33.0 Å². The zero-order chi connectivity index (χ0) is 27.8. The van der Waals surface area contributed by atoms with Crippen LogP contribution in [0, 0.1) is 11.7 Å². The van der Waals surface area contributed by atoms with Crippen molar-refractivity contribution in [3.05, 3.63) is 53.8 Å². The van der Waals surface area contributed by atoms with Crippen LogP contribution in [-0.2, 0) is 14.3 Å². The fourth-order valence-electron chi connectivity index (χ4n) is 4.27. The minimum absolute atomic E-state index is 0.0591. The van der Waals surface area contributed by atoms with Crippen LogP contribution in [0.25, 0.3) is 0 Å². The van der Waals surface area contributed by atoms with Crippen LogP contribution in [0.15, 0.2) is 42.5 Å². The second-order valence-corrected chi connectivity index (χ2v) is 9.38. The molecule has 3 atom stereocenters. The number of carbonyl (C=O) groups is 3. The van der Waals surface area contributed by atoms with Crippen molar-refractivity contribution in [1.29, 1.82) is 0 Å². The Hall–Kier alpha value is -3.70. The number of nitrogens with one attached hydrogen (secondary N) is 2. The lowest BCUT2D eigenvalue weighted by Crippen LogP contribution is -2.49. The van der Waals surface area contributed by atoms with Gasteiger partial charge in [0.2, 0.25) is 5.91 Å². The Morgan fingerprint density at radius 2 is 1.79 bits per heavy atom. The number of urea groups is 1. The lowest BCUT2D eigenvalue weighted by molar-refractivity contribution is -0.139. The minimum atomic E-state index is -0.598. The molecule has 1 heterocycles. The van der Waals surface area contributed by atoms with E-state index in [2.05, 4.69) is 10.6 Å². The third-order valence-corrected chi connectivity index (χ3v) is 6.37. The Morgan fingerprint density at radius 1 is 1.08 bits per heavy atom. The van der Waals surface area contributed by atoms with Crippen LogP contribution >= 0.6 is 0 Å². The number of hydrogen-bond donors (Lipinski definition) is 2. The summed E-state index contributed by atoms with van der Waals surface area (Å²) in [7, 11) is 4.70. The van der Waals surface area contributed by atoms with Gasteiger partial charge in [-0.05, 0) is 43.3 Å². The second kappa shape index (κ2) is 13.2. The third kappa shape index (κ3) is 7.42. The molecular weight excluding hydrogens is 495 g/mol. The quantitative estimate of drug-likeness (QED) is 0.613. The molecule has 0 unspecified atom stereocenters. The summed E-state index contributed by atoms with van der Waals surface area (Å²) in [4.78, 5) is 42.0. The highest BCUT2D eigenvalue weighted by Gasteiger charge is 2.30. The zero-order valence-electron chi connectivity index (χ0n) is 22.3. The number of anilines is 2. The average Bonchev–Trinajstić information content (AvgIpc) is 2.88. The Kier molecular flexibility index (Phi) is 10.0. The van der Waals surface area contributed by atoms with Gasteiger partial charge in [-0.15, -0.1) is 0 Å². The molecule has 10 nitrogen and oxygen atoms in total. The van der Waals surface area contributed by atoms with Crippen molar-refractivity contribution in [2.24, 2.45) is 5.92 Å². The summed E-state index contributed by atoms with van der Waals surface area (Å²) in [6, 6.07) is 9.32. The van der Waals surface area contributed by atoms with Gasteiger partial charge < -0.3 is 34.6 Å². The van der Waals surface area contributed by atoms with Crippen molar-refractivity contribution in [1.82, 2.24) is 9.80 Å². The van der Waals surface area contributed by atoms with Crippen molar-refractivity contribution in [2.75, 3.05) is 58.2 Å². The SMILES string of the molecule is COCC(=O)N1C[C@H](C)[C@@H](OC)CN(C)C(=O)c2cc(NC(=O)Nc3cccc(F)c3)ccc2OC[C@@H]1C. The zero-order valence-corrected chi connectivity index (χ0v) is 22.3. The van der Waals surface area contributed by atoms with Crippen LogP contribution in [0.4, 0.5) is 20.6 Å². The maximum Gasteiger partial charge on any atom is 0.323 e. The van der Waals surface area contributed by atoms with E-state index in [0.29, 0.717) is 18.0 Å². The van der Waals surface area contributed by atoms with Crippen molar-refractivity contribution in [3.8, 4) is 5.75 Å². The smallest absolute Gasteiger partial charge is 0.323 e. The minimum Gasteiger partial charge on any atom is -0.491 e. The highest BCUT2D eigenvalue weighted by Crippen LogP contribution is 2.27. The molecule has 11 heteroatoms. The number of hydrogen-bond acceptors (Lipinski definition) is 6. The molecule has 0 spiro atoms. The van der Waals surface area contributed by atoms with E-state index in [4.69, 9.17) is 14.2 Å². The number of nitrogens with zero attached hydrogens (tertiary/aromatic N) is 2. The Balaban J connectivity index is 1.88. The first-order chi connectivity index (χ1) is 18.1. The maximum absolute atomic E-state index is 13.5. The van der Waals surface area contributed by atoms with E-state index in [1.807, 2.05) is 13.8 Å². The average molecular weight is 531 g/mol. The van der Waals surface area contributed by atoms with Gasteiger partial charge in [-0.3, -0.25) is 9.59 Å². The molecular formula is C27H35FN4O6. The molecule has 1 aliphatic rings. The van der Waals surface area contributed by atoms with Gasteiger partial charge in [0, 0.05) is 51.6 Å². The van der Waals surface area contributed by atoms with Crippen LogP contribution in [0.2, 0.25) is 0 Å². The summed E-state index contributed by atoms with van der Waals surface area (Å²) < 4.78 is 30.2. The van der Waals surface area contributed by atoms with E-state index in [-0.39, 0.29) is 60.9 Å². The van der Waals surface area contributed by atoms with Crippen molar-refractivity contribution in [3.63, 3.8) is 0 Å². The molecule has 4 amide bonds. The molecule has 38 heavy (non-hydrogen) atoms. The van der Waals surface area contributed by atoms with Crippen LogP contribution in [-0.4, -0.2) is 87.4 Å². The summed E-state index contributed by atoms with van der Waals surface area (Å²) in [5.41, 5.74) is 0.868. The van der Waals surface area contributed by atoms with Crippen LogP contribution in [0.1, 0.15) is 24.2 Å². The van der Waals surface area contributed by atoms with Gasteiger partial charge >= 0.3 is 6.03 Å². The molecule has 0 aromatic heterocycles. The predicted molar refractivity (Wildman–Crippen MR) is 141 cm³/mol. The first kappa shape index (κ1) is 28.9. The van der Waals surface area contributed by atoms with E-state index < -0.39 is 11.8 Å². The molecule has 0 saturated heterocycles. The van der Waals surface area contributed by atoms with Gasteiger partial charge in [0.05, 0.1) is 17.7 Å². The summed E-state index contributed by atoms with van der Waals surface area (Å²) in [6.45, 7) is 4.59. The lowest BCUT2D eigenvalue weighted by Gasteiger charge is -2.36. The number of amides is 4. The molecule has 2 aromatic carbocycles. The van der Waals surface area contributed by atoms with E-state index in [1.165, 1.54) is 36.3 Å². The largest absolute Gasteiger partial charge is 0.491 e. The fraction of sp³-hybridized carbons (Fsp3) is 0.444. The second-order valence-electron chi connectivity index (χ2n) is 9.38. The molecule has 3 rings (SSSR count). The van der Waals surface area contributed by atoms with Gasteiger partial charge in [0.15, 0.2) is 0 Å². The van der Waals surface area contributed by atoms with Crippen molar-refractivity contribution >= 4 is 29.2 Å². The molecule has 0 fully saturated rings. The highest BCUT2D eigenvalue weighted by atomic mass is 19.1. The Labute approximate surface area is 222 Å². The van der Waals surface area contributed by atoms with E-state index in [0.717, 1.165) is 0 Å². The fourth-order valence-corrected chi connectivity index (χ4v) is 4.27. The number of fused-ring (bicyclic) bond motifs is 1. The molecule has 2 aromatic rings. The maximum atomic E-state index is 13.5. The molecule has 0 aliphatic carbocycles. The molecule has 2 N–H and O–H groups in total. The standard InChI is InChI=1S/C27H35FN4O6/c1-17-13-32(25(33)16-36-4)18(2)15-38-23-10-9-21(12-22(23)26(34)31(3)14-24(17)37-5)30-27(35)29-20-8-6-7-19(28)11-20/h6-12,17-18,24H,13-16H2,1-5H3,(H2,29,30,35)/t17-,18-,24-/m0/s1. The Bertz CT molecular complexity index is 1150. The molecule has 0 saturated carbocycles. The third-order valence-electron chi connectivity index (χ3n) is 6.37.